The first-order valence-corrected chi connectivity index (χ1v) is 12.1. The number of nitrogens with one attached hydrogen (secondary N) is 2. The van der Waals surface area contributed by atoms with E-state index in [-0.39, 0.29) is 0 Å². The van der Waals surface area contributed by atoms with Gasteiger partial charge in [0.1, 0.15) is 16.7 Å². The van der Waals surface area contributed by atoms with E-state index >= 15 is 0 Å². The van der Waals surface area contributed by atoms with Gasteiger partial charge in [0.25, 0.3) is 0 Å². The van der Waals surface area contributed by atoms with Crippen LogP contribution in [-0.4, -0.2) is 38.3 Å². The van der Waals surface area contributed by atoms with E-state index in [1.54, 1.807) is 11.3 Å². The lowest BCUT2D eigenvalue weighted by Gasteiger charge is -2.17. The standard InChI is InChI=1S/C22H22N4O2S2/c1-29-22-25-19(18-14-7-3-5-9-17(14)30-20(18)26-22)24-16(21(27)28)10-12-11-23-15-8-4-2-6-13(12)15/h2,4,6,8,11,16,23H,3,5,7,9-10H2,1H3,(H,27,28)(H,24,25,26). The van der Waals surface area contributed by atoms with Crippen LogP contribution in [0.2, 0.25) is 0 Å². The van der Waals surface area contributed by atoms with Crippen LogP contribution in [0.5, 0.6) is 0 Å². The lowest BCUT2D eigenvalue weighted by atomic mass is 9.97. The highest BCUT2D eigenvalue weighted by atomic mass is 32.2. The fourth-order valence-corrected chi connectivity index (χ4v) is 5.90. The van der Waals surface area contributed by atoms with Gasteiger partial charge in [-0.25, -0.2) is 14.8 Å². The summed E-state index contributed by atoms with van der Waals surface area (Å²) < 4.78 is 0. The molecule has 1 aromatic carbocycles. The molecule has 1 aliphatic carbocycles. The number of hydrogen-bond donors (Lipinski definition) is 3. The number of benzene rings is 1. The lowest BCUT2D eigenvalue weighted by Crippen LogP contribution is -2.32. The summed E-state index contributed by atoms with van der Waals surface area (Å²) in [5.41, 5.74) is 3.29. The largest absolute Gasteiger partial charge is 0.480 e. The Morgan fingerprint density at radius 1 is 1.30 bits per heavy atom. The summed E-state index contributed by atoms with van der Waals surface area (Å²) in [5, 5.41) is 16.0. The van der Waals surface area contributed by atoms with Gasteiger partial charge in [-0.2, -0.15) is 0 Å². The molecule has 0 fully saturated rings. The molecule has 1 aliphatic rings. The molecule has 6 nitrogen and oxygen atoms in total. The Morgan fingerprint density at radius 3 is 2.97 bits per heavy atom. The van der Waals surface area contributed by atoms with Crippen LogP contribution in [0.4, 0.5) is 5.82 Å². The lowest BCUT2D eigenvalue weighted by molar-refractivity contribution is -0.137. The van der Waals surface area contributed by atoms with Gasteiger partial charge in [0.15, 0.2) is 5.16 Å². The Labute approximate surface area is 182 Å². The van der Waals surface area contributed by atoms with Crippen LogP contribution in [0, 0.1) is 0 Å². The highest BCUT2D eigenvalue weighted by molar-refractivity contribution is 7.98. The van der Waals surface area contributed by atoms with Gasteiger partial charge in [-0.15, -0.1) is 11.3 Å². The van der Waals surface area contributed by atoms with Crippen molar-refractivity contribution in [3.63, 3.8) is 0 Å². The summed E-state index contributed by atoms with van der Waals surface area (Å²) in [6.45, 7) is 0. The van der Waals surface area contributed by atoms with Crippen LogP contribution >= 0.6 is 23.1 Å². The number of carbonyl (C=O) groups is 1. The van der Waals surface area contributed by atoms with Gasteiger partial charge < -0.3 is 15.4 Å². The second kappa shape index (κ2) is 7.92. The number of hydrogen-bond acceptors (Lipinski definition) is 6. The first-order chi connectivity index (χ1) is 14.6. The minimum atomic E-state index is -0.887. The first-order valence-electron chi connectivity index (χ1n) is 10.0. The van der Waals surface area contributed by atoms with Crippen molar-refractivity contribution in [1.82, 2.24) is 15.0 Å². The molecule has 0 spiro atoms. The average Bonchev–Trinajstić information content (AvgIpc) is 3.34. The van der Waals surface area contributed by atoms with Gasteiger partial charge >= 0.3 is 5.97 Å². The monoisotopic (exact) mass is 438 g/mol. The molecule has 5 rings (SSSR count). The van der Waals surface area contributed by atoms with Crippen molar-refractivity contribution in [2.45, 2.75) is 43.3 Å². The zero-order valence-corrected chi connectivity index (χ0v) is 18.2. The minimum absolute atomic E-state index is 0.367. The smallest absolute Gasteiger partial charge is 0.326 e. The molecule has 0 saturated heterocycles. The Morgan fingerprint density at radius 2 is 2.13 bits per heavy atom. The number of aliphatic carboxylic acids is 1. The molecular formula is C22H22N4O2S2. The van der Waals surface area contributed by atoms with Crippen LogP contribution in [0.3, 0.4) is 0 Å². The molecular weight excluding hydrogens is 416 g/mol. The molecule has 4 aromatic rings. The third-order valence-corrected chi connectivity index (χ3v) is 7.42. The summed E-state index contributed by atoms with van der Waals surface area (Å²) >= 11 is 3.21. The number of carboxylic acid groups (broad SMARTS) is 1. The Balaban J connectivity index is 1.55. The number of aryl methyl sites for hydroxylation is 2. The number of anilines is 1. The molecule has 0 saturated carbocycles. The van der Waals surface area contributed by atoms with Crippen LogP contribution in [0.1, 0.15) is 28.8 Å². The minimum Gasteiger partial charge on any atom is -0.480 e. The van der Waals surface area contributed by atoms with E-state index < -0.39 is 12.0 Å². The second-order valence-electron chi connectivity index (χ2n) is 7.55. The molecule has 0 aliphatic heterocycles. The van der Waals surface area contributed by atoms with Crippen molar-refractivity contribution in [2.24, 2.45) is 0 Å². The molecule has 1 unspecified atom stereocenters. The Bertz CT molecular complexity index is 1250. The van der Waals surface area contributed by atoms with Crippen molar-refractivity contribution < 1.29 is 9.90 Å². The van der Waals surface area contributed by atoms with E-state index in [9.17, 15) is 9.90 Å². The molecule has 154 valence electrons. The molecule has 3 aromatic heterocycles. The van der Waals surface area contributed by atoms with E-state index in [1.807, 2.05) is 36.7 Å². The van der Waals surface area contributed by atoms with Gasteiger partial charge in [-0.3, -0.25) is 0 Å². The first kappa shape index (κ1) is 19.4. The zero-order chi connectivity index (χ0) is 20.7. The van der Waals surface area contributed by atoms with Crippen LogP contribution in [0.15, 0.2) is 35.6 Å². The van der Waals surface area contributed by atoms with E-state index in [4.69, 9.17) is 4.98 Å². The highest BCUT2D eigenvalue weighted by Gasteiger charge is 2.25. The number of thioether (sulfide) groups is 1. The number of fused-ring (bicyclic) bond motifs is 4. The maximum atomic E-state index is 12.2. The number of para-hydroxylation sites is 1. The van der Waals surface area contributed by atoms with Crippen molar-refractivity contribution in [2.75, 3.05) is 11.6 Å². The van der Waals surface area contributed by atoms with Crippen molar-refractivity contribution in [1.29, 1.82) is 0 Å². The molecule has 0 bridgehead atoms. The number of aromatic amines is 1. The fraction of sp³-hybridized carbons (Fsp3) is 0.318. The van der Waals surface area contributed by atoms with E-state index in [0.29, 0.717) is 17.4 Å². The summed E-state index contributed by atoms with van der Waals surface area (Å²) in [4.78, 5) is 27.1. The van der Waals surface area contributed by atoms with Gasteiger partial charge in [0.2, 0.25) is 0 Å². The summed E-state index contributed by atoms with van der Waals surface area (Å²) in [7, 11) is 0. The summed E-state index contributed by atoms with van der Waals surface area (Å²) in [6.07, 6.45) is 8.64. The number of thiophene rings is 1. The van der Waals surface area contributed by atoms with Gasteiger partial charge in [-0.05, 0) is 49.1 Å². The SMILES string of the molecule is CSc1nc(NC(Cc2c[nH]c3ccccc23)C(=O)O)c2c3c(sc2n1)CCCC3. The van der Waals surface area contributed by atoms with Crippen molar-refractivity contribution in [3.05, 3.63) is 46.5 Å². The third kappa shape index (κ3) is 3.44. The second-order valence-corrected chi connectivity index (χ2v) is 9.41. The Kier molecular flexibility index (Phi) is 5.12. The predicted molar refractivity (Wildman–Crippen MR) is 123 cm³/mol. The quantitative estimate of drug-likeness (QED) is 0.294. The van der Waals surface area contributed by atoms with Crippen molar-refractivity contribution in [3.8, 4) is 0 Å². The number of nitrogens with zero attached hydrogens (tertiary/aromatic N) is 2. The van der Waals surface area contributed by atoms with Gasteiger partial charge in [-0.1, -0.05) is 30.0 Å². The van der Waals surface area contributed by atoms with Crippen LogP contribution in [-0.2, 0) is 24.1 Å². The third-order valence-electron chi connectivity index (χ3n) is 5.68. The number of aromatic nitrogens is 3. The summed E-state index contributed by atoms with van der Waals surface area (Å²) in [6, 6.07) is 7.18. The number of carboxylic acids is 1. The topological polar surface area (TPSA) is 90.9 Å². The normalized spacial score (nSPS) is 14.7. The van der Waals surface area contributed by atoms with E-state index in [1.165, 1.54) is 28.6 Å². The molecule has 8 heteroatoms. The molecule has 3 heterocycles. The van der Waals surface area contributed by atoms with Crippen LogP contribution in [0.25, 0.3) is 21.1 Å². The predicted octanol–water partition coefficient (Wildman–Crippen LogP) is 4.88. The summed E-state index contributed by atoms with van der Waals surface area (Å²) in [5.74, 6) is -0.238. The Hall–Kier alpha value is -2.58. The molecule has 0 amide bonds. The van der Waals surface area contributed by atoms with E-state index in [2.05, 4.69) is 15.3 Å². The van der Waals surface area contributed by atoms with E-state index in [0.717, 1.165) is 45.9 Å². The highest BCUT2D eigenvalue weighted by Crippen LogP contribution is 2.39. The fourth-order valence-electron chi connectivity index (χ4n) is 4.22. The van der Waals surface area contributed by atoms with Crippen molar-refractivity contribution >= 4 is 56.0 Å². The molecule has 1 atom stereocenters. The molecule has 0 radical (unpaired) electrons. The molecule has 30 heavy (non-hydrogen) atoms. The number of H-pyrrole nitrogens is 1. The number of rotatable bonds is 6. The maximum Gasteiger partial charge on any atom is 0.326 e. The average molecular weight is 439 g/mol. The maximum absolute atomic E-state index is 12.2. The molecule has 3 N–H and O–H groups in total. The van der Waals surface area contributed by atoms with Crippen LogP contribution < -0.4 is 5.32 Å². The van der Waals surface area contributed by atoms with Gasteiger partial charge in [0, 0.05) is 28.4 Å². The zero-order valence-electron chi connectivity index (χ0n) is 16.6. The van der Waals surface area contributed by atoms with Gasteiger partial charge in [0.05, 0.1) is 5.39 Å².